The van der Waals surface area contributed by atoms with E-state index in [-0.39, 0.29) is 5.92 Å². The van der Waals surface area contributed by atoms with Crippen LogP contribution >= 0.6 is 27.3 Å². The van der Waals surface area contributed by atoms with Gasteiger partial charge in [-0.25, -0.2) is 4.98 Å². The van der Waals surface area contributed by atoms with Gasteiger partial charge in [-0.05, 0) is 12.8 Å². The molecule has 0 saturated heterocycles. The zero-order valence-electron chi connectivity index (χ0n) is 9.41. The minimum Gasteiger partial charge on any atom is -0.299 e. The first-order valence-corrected chi connectivity index (χ1v) is 7.69. The molecule has 0 radical (unpaired) electrons. The van der Waals surface area contributed by atoms with E-state index in [2.05, 4.69) is 27.8 Å². The number of aromatic nitrogens is 1. The monoisotopic (exact) mass is 301 g/mol. The molecule has 2 unspecified atom stereocenters. The summed E-state index contributed by atoms with van der Waals surface area (Å²) in [4.78, 5) is 17.5. The second kappa shape index (κ2) is 5.41. The maximum atomic E-state index is 11.9. The molecule has 2 nitrogen and oxygen atoms in total. The maximum absolute atomic E-state index is 11.9. The average molecular weight is 302 g/mol. The Bertz CT molecular complexity index is 377. The lowest BCUT2D eigenvalue weighted by atomic mass is 9.80. The second-order valence-corrected chi connectivity index (χ2v) is 6.11. The molecule has 1 fully saturated rings. The minimum absolute atomic E-state index is 0.211. The van der Waals surface area contributed by atoms with Crippen LogP contribution in [0.5, 0.6) is 0 Å². The highest BCUT2D eigenvalue weighted by molar-refractivity contribution is 9.08. The highest BCUT2D eigenvalue weighted by Gasteiger charge is 2.29. The summed E-state index contributed by atoms with van der Waals surface area (Å²) in [6, 6.07) is 0. The van der Waals surface area contributed by atoms with E-state index in [1.165, 1.54) is 11.3 Å². The van der Waals surface area contributed by atoms with Crippen molar-refractivity contribution in [3.63, 3.8) is 0 Å². The van der Waals surface area contributed by atoms with Crippen molar-refractivity contribution in [2.75, 3.05) is 0 Å². The normalized spacial score (nSPS) is 23.4. The van der Waals surface area contributed by atoms with Crippen LogP contribution in [0.4, 0.5) is 0 Å². The third-order valence-electron chi connectivity index (χ3n) is 3.30. The molecule has 1 aliphatic carbocycles. The van der Waals surface area contributed by atoms with Crippen molar-refractivity contribution in [3.05, 3.63) is 16.1 Å². The van der Waals surface area contributed by atoms with Crippen molar-refractivity contribution in [3.8, 4) is 0 Å². The van der Waals surface area contributed by atoms with E-state index >= 15 is 0 Å². The first-order chi connectivity index (χ1) is 7.72. The SMILES string of the molecule is CC(c1ncc(CBr)s1)C1CCCCC1=O. The van der Waals surface area contributed by atoms with Gasteiger partial charge in [0.25, 0.3) is 0 Å². The fourth-order valence-corrected chi connectivity index (χ4v) is 3.68. The number of carbonyl (C=O) groups is 1. The Balaban J connectivity index is 2.10. The standard InChI is InChI=1S/C12H16BrNOS/c1-8(10-4-2-3-5-11(10)15)12-14-7-9(6-13)16-12/h7-8,10H,2-6H2,1H3. The van der Waals surface area contributed by atoms with Crippen LogP contribution in [-0.2, 0) is 10.1 Å². The Morgan fingerprint density at radius 1 is 1.62 bits per heavy atom. The lowest BCUT2D eigenvalue weighted by Crippen LogP contribution is -2.24. The van der Waals surface area contributed by atoms with Gasteiger partial charge >= 0.3 is 0 Å². The van der Waals surface area contributed by atoms with Crippen LogP contribution in [0, 0.1) is 5.92 Å². The minimum atomic E-state index is 0.211. The topological polar surface area (TPSA) is 30.0 Å². The van der Waals surface area contributed by atoms with E-state index in [4.69, 9.17) is 0 Å². The number of alkyl halides is 1. The Kier molecular flexibility index (Phi) is 4.14. The molecule has 0 N–H and O–H groups in total. The first kappa shape index (κ1) is 12.2. The summed E-state index contributed by atoms with van der Waals surface area (Å²) < 4.78 is 0. The number of carbonyl (C=O) groups excluding carboxylic acids is 1. The molecule has 16 heavy (non-hydrogen) atoms. The molecule has 0 aliphatic heterocycles. The van der Waals surface area contributed by atoms with Gasteiger partial charge in [0.05, 0.1) is 5.01 Å². The predicted octanol–water partition coefficient (Wildman–Crippen LogP) is 3.90. The smallest absolute Gasteiger partial charge is 0.136 e. The summed E-state index contributed by atoms with van der Waals surface area (Å²) >= 11 is 5.16. The van der Waals surface area contributed by atoms with Gasteiger partial charge in [-0.1, -0.05) is 29.3 Å². The van der Waals surface area contributed by atoms with Gasteiger partial charge in [0.1, 0.15) is 5.78 Å². The van der Waals surface area contributed by atoms with Gasteiger partial charge in [0.15, 0.2) is 0 Å². The predicted molar refractivity (Wildman–Crippen MR) is 70.1 cm³/mol. The molecule has 0 bridgehead atoms. The molecule has 1 aromatic rings. The molecule has 0 aromatic carbocycles. The summed E-state index contributed by atoms with van der Waals surface area (Å²) in [5.41, 5.74) is 0. The Morgan fingerprint density at radius 3 is 3.06 bits per heavy atom. The van der Waals surface area contributed by atoms with Crippen molar-refractivity contribution in [1.29, 1.82) is 0 Å². The number of hydrogen-bond acceptors (Lipinski definition) is 3. The Labute approximate surface area is 109 Å². The van der Waals surface area contributed by atoms with Crippen molar-refractivity contribution < 1.29 is 4.79 Å². The molecule has 2 rings (SSSR count). The van der Waals surface area contributed by atoms with Crippen LogP contribution in [-0.4, -0.2) is 10.8 Å². The third-order valence-corrected chi connectivity index (χ3v) is 5.47. The fourth-order valence-electron chi connectivity index (χ4n) is 2.31. The number of thiazole rings is 1. The molecule has 2 atom stereocenters. The molecule has 0 spiro atoms. The second-order valence-electron chi connectivity index (χ2n) is 4.41. The van der Waals surface area contributed by atoms with E-state index in [0.717, 1.165) is 29.6 Å². The molecule has 1 heterocycles. The van der Waals surface area contributed by atoms with Crippen molar-refractivity contribution >= 4 is 33.0 Å². The summed E-state index contributed by atoms with van der Waals surface area (Å²) in [5.74, 6) is 0.947. The number of nitrogens with zero attached hydrogens (tertiary/aromatic N) is 1. The summed E-state index contributed by atoms with van der Waals surface area (Å²) in [6.07, 6.45) is 6.00. The van der Waals surface area contributed by atoms with Gasteiger partial charge in [-0.2, -0.15) is 0 Å². The Morgan fingerprint density at radius 2 is 2.44 bits per heavy atom. The van der Waals surface area contributed by atoms with Crippen LogP contribution in [0.3, 0.4) is 0 Å². The zero-order chi connectivity index (χ0) is 11.5. The highest BCUT2D eigenvalue weighted by atomic mass is 79.9. The van der Waals surface area contributed by atoms with Crippen LogP contribution in [0.2, 0.25) is 0 Å². The molecular weight excluding hydrogens is 286 g/mol. The van der Waals surface area contributed by atoms with E-state index in [0.29, 0.717) is 11.7 Å². The van der Waals surface area contributed by atoms with Crippen LogP contribution in [0.15, 0.2) is 6.20 Å². The van der Waals surface area contributed by atoms with E-state index < -0.39 is 0 Å². The van der Waals surface area contributed by atoms with E-state index in [9.17, 15) is 4.79 Å². The summed E-state index contributed by atoms with van der Waals surface area (Å²) in [7, 11) is 0. The van der Waals surface area contributed by atoms with E-state index in [1.54, 1.807) is 11.3 Å². The molecule has 1 aliphatic rings. The summed E-state index contributed by atoms with van der Waals surface area (Å²) in [5, 5.41) is 1.98. The van der Waals surface area contributed by atoms with Crippen LogP contribution < -0.4 is 0 Å². The zero-order valence-corrected chi connectivity index (χ0v) is 11.8. The van der Waals surface area contributed by atoms with Crippen LogP contribution in [0.25, 0.3) is 0 Å². The third kappa shape index (κ3) is 2.54. The van der Waals surface area contributed by atoms with Gasteiger partial charge in [-0.3, -0.25) is 4.79 Å². The molecule has 1 aromatic heterocycles. The molecule has 1 saturated carbocycles. The highest BCUT2D eigenvalue weighted by Crippen LogP contribution is 2.35. The van der Waals surface area contributed by atoms with Gasteiger partial charge < -0.3 is 0 Å². The van der Waals surface area contributed by atoms with Gasteiger partial charge in [0, 0.05) is 34.7 Å². The lowest BCUT2D eigenvalue weighted by Gasteiger charge is -2.24. The number of rotatable bonds is 3. The molecule has 88 valence electrons. The first-order valence-electron chi connectivity index (χ1n) is 5.75. The number of hydrogen-bond donors (Lipinski definition) is 0. The number of ketones is 1. The number of halogens is 1. The quantitative estimate of drug-likeness (QED) is 0.793. The number of Topliss-reactive ketones (excluding diaryl/α,β-unsaturated/α-hetero) is 1. The average Bonchev–Trinajstić information content (AvgIpc) is 2.77. The summed E-state index contributed by atoms with van der Waals surface area (Å²) in [6.45, 7) is 2.14. The van der Waals surface area contributed by atoms with Gasteiger partial charge in [0.2, 0.25) is 0 Å². The van der Waals surface area contributed by atoms with E-state index in [1.807, 2.05) is 6.20 Å². The van der Waals surface area contributed by atoms with Gasteiger partial charge in [-0.15, -0.1) is 11.3 Å². The van der Waals surface area contributed by atoms with Crippen molar-refractivity contribution in [2.24, 2.45) is 5.92 Å². The lowest BCUT2D eigenvalue weighted by molar-refractivity contribution is -0.125. The molecular formula is C12H16BrNOS. The van der Waals surface area contributed by atoms with Crippen molar-refractivity contribution in [2.45, 2.75) is 43.9 Å². The van der Waals surface area contributed by atoms with Crippen LogP contribution in [0.1, 0.15) is 48.4 Å². The van der Waals surface area contributed by atoms with Crippen molar-refractivity contribution in [1.82, 2.24) is 4.98 Å². The maximum Gasteiger partial charge on any atom is 0.136 e. The molecule has 4 heteroatoms. The largest absolute Gasteiger partial charge is 0.299 e. The Hall–Kier alpha value is -0.220. The molecule has 0 amide bonds. The fraction of sp³-hybridized carbons (Fsp3) is 0.667.